The Hall–Kier alpha value is -4.12. The van der Waals surface area contributed by atoms with Crippen molar-refractivity contribution in [3.8, 4) is 12.3 Å². The molecule has 3 heterocycles. The number of aromatic nitrogens is 3. The van der Waals surface area contributed by atoms with Crippen LogP contribution in [0.4, 0.5) is 11.6 Å². The van der Waals surface area contributed by atoms with Gasteiger partial charge in [-0.3, -0.25) is 14.7 Å². The molecule has 0 atom stereocenters. The van der Waals surface area contributed by atoms with Gasteiger partial charge in [-0.15, -0.1) is 6.42 Å². The average molecular weight is 457 g/mol. The summed E-state index contributed by atoms with van der Waals surface area (Å²) in [5, 5.41) is 12.7. The predicted molar refractivity (Wildman–Crippen MR) is 132 cm³/mol. The van der Waals surface area contributed by atoms with Crippen LogP contribution in [-0.2, 0) is 0 Å². The third-order valence-electron chi connectivity index (χ3n) is 5.84. The van der Waals surface area contributed by atoms with E-state index >= 15 is 0 Å². The lowest BCUT2D eigenvalue weighted by Gasteiger charge is -2.31. The molecule has 0 bridgehead atoms. The molecule has 0 radical (unpaired) electrons. The highest BCUT2D eigenvalue weighted by Gasteiger charge is 2.26. The second kappa shape index (κ2) is 10.2. The van der Waals surface area contributed by atoms with Gasteiger partial charge in [-0.2, -0.15) is 5.10 Å². The summed E-state index contributed by atoms with van der Waals surface area (Å²) in [6, 6.07) is 13.3. The maximum atomic E-state index is 12.9. The normalized spacial score (nSPS) is 14.0. The summed E-state index contributed by atoms with van der Waals surface area (Å²) in [5.74, 6) is 3.62. The maximum absolute atomic E-state index is 12.9. The molecule has 8 nitrogen and oxygen atoms in total. The zero-order valence-electron chi connectivity index (χ0n) is 19.3. The van der Waals surface area contributed by atoms with Crippen LogP contribution in [0.1, 0.15) is 64.6 Å². The van der Waals surface area contributed by atoms with Crippen LogP contribution >= 0.6 is 0 Å². The third kappa shape index (κ3) is 5.44. The van der Waals surface area contributed by atoms with Gasteiger partial charge in [-0.05, 0) is 62.4 Å². The molecular formula is C26H28N6O2. The maximum Gasteiger partial charge on any atom is 0.274 e. The first kappa shape index (κ1) is 23.1. The summed E-state index contributed by atoms with van der Waals surface area (Å²) < 4.78 is 0. The number of nitrogens with one attached hydrogen (secondary N) is 3. The second-order valence-corrected chi connectivity index (χ2v) is 8.68. The fourth-order valence-corrected chi connectivity index (χ4v) is 4.03. The molecule has 1 fully saturated rings. The lowest BCUT2D eigenvalue weighted by atomic mass is 9.89. The van der Waals surface area contributed by atoms with E-state index in [1.807, 2.05) is 26.0 Å². The zero-order chi connectivity index (χ0) is 24.1. The van der Waals surface area contributed by atoms with Crippen LogP contribution in [0.5, 0.6) is 0 Å². The summed E-state index contributed by atoms with van der Waals surface area (Å²) in [5.41, 5.74) is 2.81. The number of hydrogen-bond donors (Lipinski definition) is 3. The molecule has 8 heteroatoms. The first-order chi connectivity index (χ1) is 16.4. The van der Waals surface area contributed by atoms with E-state index in [4.69, 9.17) is 6.42 Å². The number of carbonyl (C=O) groups is 2. The van der Waals surface area contributed by atoms with E-state index in [0.717, 1.165) is 18.4 Å². The van der Waals surface area contributed by atoms with Crippen molar-refractivity contribution >= 4 is 23.5 Å². The van der Waals surface area contributed by atoms with Gasteiger partial charge in [0, 0.05) is 37.0 Å². The molecule has 3 aromatic rings. The van der Waals surface area contributed by atoms with Gasteiger partial charge in [0.05, 0.1) is 5.56 Å². The minimum Gasteiger partial charge on any atom is -0.368 e. The summed E-state index contributed by atoms with van der Waals surface area (Å²) >= 11 is 0. The second-order valence-electron chi connectivity index (χ2n) is 8.68. The highest BCUT2D eigenvalue weighted by Crippen LogP contribution is 2.29. The Morgan fingerprint density at radius 3 is 2.50 bits per heavy atom. The molecule has 4 rings (SSSR count). The van der Waals surface area contributed by atoms with Gasteiger partial charge in [0.2, 0.25) is 0 Å². The molecule has 1 aliphatic heterocycles. The summed E-state index contributed by atoms with van der Waals surface area (Å²) in [6.07, 6.45) is 8.70. The first-order valence-electron chi connectivity index (χ1n) is 11.4. The molecule has 0 unspecified atom stereocenters. The number of aromatic amines is 1. The molecule has 1 aliphatic rings. The SMILES string of the molecule is C#Cc1ccc(C2CCN(C(=O)c3cc(NC(=O)c4ccc(NC(C)C)nc4)[nH]n3)CC2)cc1. The number of piperidine rings is 1. The van der Waals surface area contributed by atoms with Crippen LogP contribution in [0.3, 0.4) is 0 Å². The number of nitrogens with zero attached hydrogens (tertiary/aromatic N) is 3. The number of carbonyl (C=O) groups excluding carboxylic acids is 2. The van der Waals surface area contributed by atoms with E-state index in [1.54, 1.807) is 23.1 Å². The lowest BCUT2D eigenvalue weighted by molar-refractivity contribution is 0.0707. The van der Waals surface area contributed by atoms with Crippen molar-refractivity contribution in [2.24, 2.45) is 0 Å². The van der Waals surface area contributed by atoms with E-state index < -0.39 is 0 Å². The van der Waals surface area contributed by atoms with Crippen molar-refractivity contribution in [2.45, 2.75) is 38.6 Å². The number of rotatable bonds is 6. The van der Waals surface area contributed by atoms with Crippen molar-refractivity contribution in [3.63, 3.8) is 0 Å². The lowest BCUT2D eigenvalue weighted by Crippen LogP contribution is -2.38. The highest BCUT2D eigenvalue weighted by atomic mass is 16.2. The van der Waals surface area contributed by atoms with E-state index in [-0.39, 0.29) is 23.6 Å². The Kier molecular flexibility index (Phi) is 6.93. The highest BCUT2D eigenvalue weighted by molar-refractivity contribution is 6.04. The number of benzene rings is 1. The average Bonchev–Trinajstić information content (AvgIpc) is 3.32. The van der Waals surface area contributed by atoms with E-state index in [9.17, 15) is 9.59 Å². The monoisotopic (exact) mass is 456 g/mol. The van der Waals surface area contributed by atoms with Crippen LogP contribution in [0.2, 0.25) is 0 Å². The number of amides is 2. The molecule has 3 N–H and O–H groups in total. The number of H-pyrrole nitrogens is 1. The van der Waals surface area contributed by atoms with Gasteiger partial charge in [-0.25, -0.2) is 4.98 Å². The van der Waals surface area contributed by atoms with Crippen molar-refractivity contribution < 1.29 is 9.59 Å². The van der Waals surface area contributed by atoms with Gasteiger partial charge < -0.3 is 15.5 Å². The Morgan fingerprint density at radius 2 is 1.88 bits per heavy atom. The van der Waals surface area contributed by atoms with E-state index in [0.29, 0.717) is 36.2 Å². The summed E-state index contributed by atoms with van der Waals surface area (Å²) in [6.45, 7) is 5.33. The van der Waals surface area contributed by atoms with Crippen molar-refractivity contribution in [1.82, 2.24) is 20.1 Å². The zero-order valence-corrected chi connectivity index (χ0v) is 19.3. The van der Waals surface area contributed by atoms with Crippen molar-refractivity contribution in [1.29, 1.82) is 0 Å². The molecule has 2 aromatic heterocycles. The van der Waals surface area contributed by atoms with Gasteiger partial charge in [-0.1, -0.05) is 18.1 Å². The fraction of sp³-hybridized carbons (Fsp3) is 0.308. The van der Waals surface area contributed by atoms with Gasteiger partial charge in [0.15, 0.2) is 5.69 Å². The molecule has 1 saturated heterocycles. The molecule has 0 aliphatic carbocycles. The Labute approximate surface area is 199 Å². The number of terminal acetylenes is 1. The first-order valence-corrected chi connectivity index (χ1v) is 11.4. The minimum absolute atomic E-state index is 0.149. The molecular weight excluding hydrogens is 428 g/mol. The van der Waals surface area contributed by atoms with Crippen molar-refractivity contribution in [3.05, 3.63) is 71.0 Å². The topological polar surface area (TPSA) is 103 Å². The van der Waals surface area contributed by atoms with E-state index in [1.165, 1.54) is 11.8 Å². The van der Waals surface area contributed by atoms with E-state index in [2.05, 4.69) is 43.9 Å². The molecule has 34 heavy (non-hydrogen) atoms. The summed E-state index contributed by atoms with van der Waals surface area (Å²) in [4.78, 5) is 31.5. The van der Waals surface area contributed by atoms with Crippen LogP contribution in [-0.4, -0.2) is 51.0 Å². The number of likely N-dealkylation sites (tertiary alicyclic amines) is 1. The number of anilines is 2. The molecule has 174 valence electrons. The number of hydrogen-bond acceptors (Lipinski definition) is 5. The Morgan fingerprint density at radius 1 is 1.15 bits per heavy atom. The van der Waals surface area contributed by atoms with Crippen LogP contribution in [0.15, 0.2) is 48.7 Å². The smallest absolute Gasteiger partial charge is 0.274 e. The quantitative estimate of drug-likeness (QED) is 0.489. The Balaban J connectivity index is 1.31. The molecule has 1 aromatic carbocycles. The van der Waals surface area contributed by atoms with Crippen LogP contribution < -0.4 is 10.6 Å². The van der Waals surface area contributed by atoms with Crippen LogP contribution in [0.25, 0.3) is 0 Å². The fourth-order valence-electron chi connectivity index (χ4n) is 4.03. The Bertz CT molecular complexity index is 1180. The van der Waals surface area contributed by atoms with Gasteiger partial charge in [0.1, 0.15) is 11.6 Å². The number of pyridine rings is 1. The van der Waals surface area contributed by atoms with Crippen molar-refractivity contribution in [2.75, 3.05) is 23.7 Å². The largest absolute Gasteiger partial charge is 0.368 e. The predicted octanol–water partition coefficient (Wildman–Crippen LogP) is 3.88. The van der Waals surface area contributed by atoms with Gasteiger partial charge >= 0.3 is 0 Å². The molecule has 2 amide bonds. The molecule has 0 spiro atoms. The molecule has 0 saturated carbocycles. The van der Waals surface area contributed by atoms with Gasteiger partial charge in [0.25, 0.3) is 11.8 Å². The minimum atomic E-state index is -0.331. The van der Waals surface area contributed by atoms with Crippen LogP contribution in [0, 0.1) is 12.3 Å². The summed E-state index contributed by atoms with van der Waals surface area (Å²) in [7, 11) is 0. The standard InChI is InChI=1S/C26H28N6O2/c1-4-18-5-7-19(8-6-18)20-11-13-32(14-12-20)26(34)22-15-24(31-30-22)29-25(33)21-9-10-23(27-16-21)28-17(2)3/h1,5-10,15-17,20H,11-14H2,2-3H3,(H,27,28)(H2,29,30,31,33). The third-order valence-corrected chi connectivity index (χ3v) is 5.84.